The molecule has 10 heteroatoms. The average Bonchev–Trinajstić information content (AvgIpc) is 2.93. The van der Waals surface area contributed by atoms with Crippen LogP contribution in [-0.2, 0) is 26.2 Å². The van der Waals surface area contributed by atoms with Crippen LogP contribution in [0.1, 0.15) is 38.3 Å². The first kappa shape index (κ1) is 31.5. The molecule has 214 valence electrons. The number of hydrogen-bond donors (Lipinski definition) is 1. The standard InChI is InChI=1S/C30H35Cl2N3O4S/c1-5-27(30(37)33-18-21(2)3)34(19-23-12-9-10-15-26(23)32)29(36)20-35(28-17-11-16-25(31)22(28)4)40(38,39)24-13-7-6-8-14-24/h6-17,21,27H,5,18-20H2,1-4H3,(H,33,37)/t27-/m0/s1. The summed E-state index contributed by atoms with van der Waals surface area (Å²) in [6.45, 7) is 7.40. The number of nitrogens with zero attached hydrogens (tertiary/aromatic N) is 2. The Morgan fingerprint density at radius 1 is 0.900 bits per heavy atom. The zero-order valence-electron chi connectivity index (χ0n) is 23.1. The Bertz CT molecular complexity index is 1430. The van der Waals surface area contributed by atoms with Gasteiger partial charge >= 0.3 is 0 Å². The molecule has 40 heavy (non-hydrogen) atoms. The highest BCUT2D eigenvalue weighted by atomic mass is 35.5. The van der Waals surface area contributed by atoms with Crippen LogP contribution in [-0.4, -0.2) is 44.3 Å². The topological polar surface area (TPSA) is 86.8 Å². The summed E-state index contributed by atoms with van der Waals surface area (Å²) in [5, 5.41) is 3.72. The molecule has 0 spiro atoms. The van der Waals surface area contributed by atoms with E-state index in [2.05, 4.69) is 5.32 Å². The summed E-state index contributed by atoms with van der Waals surface area (Å²) < 4.78 is 28.9. The van der Waals surface area contributed by atoms with Gasteiger partial charge in [0.05, 0.1) is 10.6 Å². The fraction of sp³-hybridized carbons (Fsp3) is 0.333. The molecule has 0 saturated carbocycles. The maximum Gasteiger partial charge on any atom is 0.264 e. The van der Waals surface area contributed by atoms with E-state index in [0.717, 1.165) is 4.31 Å². The maximum absolute atomic E-state index is 14.1. The Morgan fingerprint density at radius 2 is 1.52 bits per heavy atom. The summed E-state index contributed by atoms with van der Waals surface area (Å²) in [5.41, 5.74) is 1.43. The van der Waals surface area contributed by atoms with E-state index in [1.54, 1.807) is 67.6 Å². The summed E-state index contributed by atoms with van der Waals surface area (Å²) >= 11 is 12.8. The van der Waals surface area contributed by atoms with Crippen molar-refractivity contribution in [2.75, 3.05) is 17.4 Å². The van der Waals surface area contributed by atoms with Gasteiger partial charge in [0, 0.05) is 23.1 Å². The molecule has 0 aromatic heterocycles. The zero-order valence-corrected chi connectivity index (χ0v) is 25.4. The molecule has 0 saturated heterocycles. The predicted molar refractivity (Wildman–Crippen MR) is 161 cm³/mol. The molecule has 3 aromatic carbocycles. The first-order valence-corrected chi connectivity index (χ1v) is 15.3. The number of nitrogens with one attached hydrogen (secondary N) is 1. The number of carbonyl (C=O) groups is 2. The van der Waals surface area contributed by atoms with Gasteiger partial charge in [0.15, 0.2) is 0 Å². The van der Waals surface area contributed by atoms with Crippen LogP contribution in [0.3, 0.4) is 0 Å². The monoisotopic (exact) mass is 603 g/mol. The molecule has 0 aliphatic heterocycles. The second-order valence-electron chi connectivity index (χ2n) is 9.88. The molecule has 3 rings (SSSR count). The summed E-state index contributed by atoms with van der Waals surface area (Å²) in [6.07, 6.45) is 0.321. The van der Waals surface area contributed by atoms with Crippen LogP contribution < -0.4 is 9.62 Å². The van der Waals surface area contributed by atoms with Crippen molar-refractivity contribution in [1.29, 1.82) is 0 Å². The lowest BCUT2D eigenvalue weighted by molar-refractivity contribution is -0.140. The summed E-state index contributed by atoms with van der Waals surface area (Å²) in [4.78, 5) is 28.8. The molecule has 1 atom stereocenters. The minimum Gasteiger partial charge on any atom is -0.354 e. The third kappa shape index (κ3) is 7.56. The number of anilines is 1. The van der Waals surface area contributed by atoms with Crippen LogP contribution in [0.4, 0.5) is 5.69 Å². The van der Waals surface area contributed by atoms with Gasteiger partial charge in [-0.3, -0.25) is 13.9 Å². The van der Waals surface area contributed by atoms with Gasteiger partial charge in [-0.1, -0.05) is 86.4 Å². The minimum atomic E-state index is -4.18. The fourth-order valence-corrected chi connectivity index (χ4v) is 6.11. The molecule has 3 aromatic rings. The third-order valence-corrected chi connectivity index (χ3v) is 9.04. The van der Waals surface area contributed by atoms with Crippen molar-refractivity contribution >= 4 is 50.7 Å². The van der Waals surface area contributed by atoms with E-state index in [0.29, 0.717) is 34.1 Å². The smallest absolute Gasteiger partial charge is 0.264 e. The van der Waals surface area contributed by atoms with Crippen molar-refractivity contribution in [3.05, 3.63) is 94.0 Å². The van der Waals surface area contributed by atoms with Crippen molar-refractivity contribution in [2.45, 2.75) is 51.6 Å². The molecule has 0 bridgehead atoms. The van der Waals surface area contributed by atoms with Gasteiger partial charge in [0.25, 0.3) is 10.0 Å². The van der Waals surface area contributed by atoms with E-state index in [-0.39, 0.29) is 29.0 Å². The Hall–Kier alpha value is -3.07. The van der Waals surface area contributed by atoms with E-state index < -0.39 is 28.5 Å². The fourth-order valence-electron chi connectivity index (χ4n) is 4.25. The van der Waals surface area contributed by atoms with Crippen molar-refractivity contribution in [1.82, 2.24) is 10.2 Å². The molecule has 0 heterocycles. The second-order valence-corrected chi connectivity index (χ2v) is 12.6. The van der Waals surface area contributed by atoms with Crippen LogP contribution in [0.2, 0.25) is 10.0 Å². The third-order valence-electron chi connectivity index (χ3n) is 6.49. The number of hydrogen-bond acceptors (Lipinski definition) is 4. The zero-order chi connectivity index (χ0) is 29.4. The highest BCUT2D eigenvalue weighted by Gasteiger charge is 2.34. The van der Waals surface area contributed by atoms with E-state index in [1.807, 2.05) is 20.8 Å². The van der Waals surface area contributed by atoms with Crippen molar-refractivity contribution < 1.29 is 18.0 Å². The van der Waals surface area contributed by atoms with Gasteiger partial charge in [-0.15, -0.1) is 0 Å². The van der Waals surface area contributed by atoms with Crippen LogP contribution >= 0.6 is 23.2 Å². The normalized spacial score (nSPS) is 12.2. The molecule has 0 unspecified atom stereocenters. The molecule has 7 nitrogen and oxygen atoms in total. The maximum atomic E-state index is 14.1. The van der Waals surface area contributed by atoms with E-state index >= 15 is 0 Å². The van der Waals surface area contributed by atoms with E-state index in [1.165, 1.54) is 17.0 Å². The highest BCUT2D eigenvalue weighted by molar-refractivity contribution is 7.92. The number of amides is 2. The van der Waals surface area contributed by atoms with Crippen LogP contribution in [0.25, 0.3) is 0 Å². The molecular weight excluding hydrogens is 569 g/mol. The first-order valence-electron chi connectivity index (χ1n) is 13.1. The van der Waals surface area contributed by atoms with Gasteiger partial charge in [-0.2, -0.15) is 0 Å². The number of halogens is 2. The van der Waals surface area contributed by atoms with Crippen molar-refractivity contribution in [3.63, 3.8) is 0 Å². The van der Waals surface area contributed by atoms with Crippen LogP contribution in [0.15, 0.2) is 77.7 Å². The lowest BCUT2D eigenvalue weighted by atomic mass is 10.1. The molecular formula is C30H35Cl2N3O4S. The van der Waals surface area contributed by atoms with Gasteiger partial charge in [-0.25, -0.2) is 8.42 Å². The van der Waals surface area contributed by atoms with Crippen molar-refractivity contribution in [2.24, 2.45) is 5.92 Å². The number of sulfonamides is 1. The molecule has 0 aliphatic carbocycles. The largest absolute Gasteiger partial charge is 0.354 e. The number of rotatable bonds is 12. The molecule has 2 amide bonds. The van der Waals surface area contributed by atoms with Gasteiger partial charge in [-0.05, 0) is 60.7 Å². The van der Waals surface area contributed by atoms with E-state index in [4.69, 9.17) is 23.2 Å². The Morgan fingerprint density at radius 3 is 2.15 bits per heavy atom. The van der Waals surface area contributed by atoms with Crippen LogP contribution in [0.5, 0.6) is 0 Å². The van der Waals surface area contributed by atoms with E-state index in [9.17, 15) is 18.0 Å². The molecule has 1 N–H and O–H groups in total. The summed E-state index contributed by atoms with van der Waals surface area (Å²) in [6, 6.07) is 19.0. The Labute approximate surface area is 247 Å². The SMILES string of the molecule is CC[C@@H](C(=O)NCC(C)C)N(Cc1ccccc1Cl)C(=O)CN(c1cccc(Cl)c1C)S(=O)(=O)c1ccccc1. The van der Waals surface area contributed by atoms with Gasteiger partial charge < -0.3 is 10.2 Å². The molecule has 0 fully saturated rings. The lowest BCUT2D eigenvalue weighted by Crippen LogP contribution is -2.52. The average molecular weight is 605 g/mol. The predicted octanol–water partition coefficient (Wildman–Crippen LogP) is 6.08. The minimum absolute atomic E-state index is 0.0276. The quantitative estimate of drug-likeness (QED) is 0.272. The second kappa shape index (κ2) is 14.0. The Balaban J connectivity index is 2.09. The van der Waals surface area contributed by atoms with Crippen molar-refractivity contribution in [3.8, 4) is 0 Å². The first-order chi connectivity index (χ1) is 19.0. The summed E-state index contributed by atoms with van der Waals surface area (Å²) in [5.74, 6) is -0.648. The number of benzene rings is 3. The lowest BCUT2D eigenvalue weighted by Gasteiger charge is -2.34. The summed E-state index contributed by atoms with van der Waals surface area (Å²) in [7, 11) is -4.18. The van der Waals surface area contributed by atoms with Gasteiger partial charge in [0.1, 0.15) is 12.6 Å². The highest BCUT2D eigenvalue weighted by Crippen LogP contribution is 2.31. The number of carbonyl (C=O) groups excluding carboxylic acids is 2. The van der Waals surface area contributed by atoms with Gasteiger partial charge in [0.2, 0.25) is 11.8 Å². The molecule has 0 aliphatic rings. The molecule has 0 radical (unpaired) electrons. The van der Waals surface area contributed by atoms with Crippen LogP contribution in [0, 0.1) is 12.8 Å². The Kier molecular flexibility index (Phi) is 11.0.